The zero-order valence-electron chi connectivity index (χ0n) is 16.2. The second kappa shape index (κ2) is 8.97. The van der Waals surface area contributed by atoms with Crippen molar-refractivity contribution in [2.24, 2.45) is 11.8 Å². The smallest absolute Gasteiger partial charge is 0.281 e. The number of piperidine rings is 1. The van der Waals surface area contributed by atoms with E-state index in [1.54, 1.807) is 0 Å². The maximum atomic E-state index is 12.9. The lowest BCUT2D eigenvalue weighted by Crippen LogP contribution is -2.49. The molecule has 0 saturated carbocycles. The minimum absolute atomic E-state index is 0.0514. The SMILES string of the molecule is CC(C)C[C@H](NC(=O)[C@@H]1CCCN(S(=O)(=O)N(C)C)C1)c1ccccc1. The van der Waals surface area contributed by atoms with E-state index in [0.717, 1.165) is 12.0 Å². The van der Waals surface area contributed by atoms with Crippen LogP contribution in [0.3, 0.4) is 0 Å². The van der Waals surface area contributed by atoms with Crippen molar-refractivity contribution in [2.45, 2.75) is 39.2 Å². The van der Waals surface area contributed by atoms with Crippen molar-refractivity contribution in [3.8, 4) is 0 Å². The third kappa shape index (κ3) is 5.28. The molecule has 1 aliphatic heterocycles. The molecule has 6 nitrogen and oxygen atoms in total. The van der Waals surface area contributed by atoms with Crippen molar-refractivity contribution in [1.29, 1.82) is 0 Å². The molecule has 26 heavy (non-hydrogen) atoms. The Morgan fingerprint density at radius 1 is 1.27 bits per heavy atom. The standard InChI is InChI=1S/C19H31N3O3S/c1-15(2)13-18(16-9-6-5-7-10-16)20-19(23)17-11-8-12-22(14-17)26(24,25)21(3)4/h5-7,9-10,15,17-18H,8,11-14H2,1-4H3,(H,20,23)/t17-,18+/m1/s1. The number of benzene rings is 1. The monoisotopic (exact) mass is 381 g/mol. The molecule has 0 aliphatic carbocycles. The molecule has 0 aromatic heterocycles. The zero-order chi connectivity index (χ0) is 19.3. The summed E-state index contributed by atoms with van der Waals surface area (Å²) in [7, 11) is -0.438. The van der Waals surface area contributed by atoms with E-state index in [2.05, 4.69) is 19.2 Å². The summed E-state index contributed by atoms with van der Waals surface area (Å²) >= 11 is 0. The molecule has 1 aliphatic rings. The molecule has 1 saturated heterocycles. The number of carbonyl (C=O) groups excluding carboxylic acids is 1. The van der Waals surface area contributed by atoms with Crippen molar-refractivity contribution in [1.82, 2.24) is 13.9 Å². The fraction of sp³-hybridized carbons (Fsp3) is 0.632. The Balaban J connectivity index is 2.09. The summed E-state index contributed by atoms with van der Waals surface area (Å²) in [5.74, 6) is 0.0764. The molecule has 0 radical (unpaired) electrons. The molecule has 1 aromatic carbocycles. The lowest BCUT2D eigenvalue weighted by atomic mass is 9.94. The van der Waals surface area contributed by atoms with Crippen LogP contribution < -0.4 is 5.32 Å². The molecule has 1 amide bonds. The van der Waals surface area contributed by atoms with Crippen LogP contribution in [0, 0.1) is 11.8 Å². The molecule has 1 aromatic rings. The van der Waals surface area contributed by atoms with Gasteiger partial charge in [-0.25, -0.2) is 0 Å². The van der Waals surface area contributed by atoms with E-state index >= 15 is 0 Å². The van der Waals surface area contributed by atoms with Gasteiger partial charge in [0.15, 0.2) is 0 Å². The Kier molecular flexibility index (Phi) is 7.20. The predicted molar refractivity (Wildman–Crippen MR) is 104 cm³/mol. The second-order valence-electron chi connectivity index (χ2n) is 7.59. The first-order chi connectivity index (χ1) is 12.2. The summed E-state index contributed by atoms with van der Waals surface area (Å²) in [6, 6.07) is 9.91. The number of hydrogen-bond acceptors (Lipinski definition) is 3. The van der Waals surface area contributed by atoms with Crippen molar-refractivity contribution in [2.75, 3.05) is 27.2 Å². The molecule has 1 fully saturated rings. The number of nitrogens with zero attached hydrogens (tertiary/aromatic N) is 2. The summed E-state index contributed by atoms with van der Waals surface area (Å²) in [6.07, 6.45) is 2.27. The normalized spacial score (nSPS) is 20.3. The van der Waals surface area contributed by atoms with Gasteiger partial charge in [0.1, 0.15) is 0 Å². The molecule has 0 bridgehead atoms. The lowest BCUT2D eigenvalue weighted by molar-refractivity contribution is -0.127. The predicted octanol–water partition coefficient (Wildman–Crippen LogP) is 2.41. The molecular formula is C19H31N3O3S. The van der Waals surface area contributed by atoms with E-state index in [1.807, 2.05) is 30.3 Å². The summed E-state index contributed by atoms with van der Waals surface area (Å²) in [6.45, 7) is 4.98. The number of rotatable bonds is 7. The van der Waals surface area contributed by atoms with Crippen LogP contribution in [0.2, 0.25) is 0 Å². The Bertz CT molecular complexity index is 689. The largest absolute Gasteiger partial charge is 0.349 e. The van der Waals surface area contributed by atoms with Gasteiger partial charge in [0.2, 0.25) is 5.91 Å². The zero-order valence-corrected chi connectivity index (χ0v) is 17.0. The quantitative estimate of drug-likeness (QED) is 0.788. The first-order valence-electron chi connectivity index (χ1n) is 9.24. The van der Waals surface area contributed by atoms with Crippen molar-refractivity contribution >= 4 is 16.1 Å². The van der Waals surface area contributed by atoms with Crippen LogP contribution >= 0.6 is 0 Å². The van der Waals surface area contributed by atoms with Gasteiger partial charge in [-0.3, -0.25) is 4.79 Å². The van der Waals surface area contributed by atoms with Gasteiger partial charge in [-0.05, 0) is 30.7 Å². The molecular weight excluding hydrogens is 350 g/mol. The van der Waals surface area contributed by atoms with Crippen LogP contribution in [-0.2, 0) is 15.0 Å². The van der Waals surface area contributed by atoms with Crippen molar-refractivity contribution < 1.29 is 13.2 Å². The molecule has 1 heterocycles. The number of carbonyl (C=O) groups is 1. The van der Waals surface area contributed by atoms with Crippen LogP contribution in [0.1, 0.15) is 44.7 Å². The van der Waals surface area contributed by atoms with Gasteiger partial charge in [-0.15, -0.1) is 0 Å². The Labute approximate surface area is 157 Å². The highest BCUT2D eigenvalue weighted by Crippen LogP contribution is 2.24. The fourth-order valence-corrected chi connectivity index (χ4v) is 4.51. The maximum absolute atomic E-state index is 12.9. The number of hydrogen-bond donors (Lipinski definition) is 1. The van der Waals surface area contributed by atoms with E-state index in [1.165, 1.54) is 22.7 Å². The van der Waals surface area contributed by atoms with Gasteiger partial charge in [0.05, 0.1) is 12.0 Å². The highest BCUT2D eigenvalue weighted by molar-refractivity contribution is 7.86. The minimum Gasteiger partial charge on any atom is -0.349 e. The van der Waals surface area contributed by atoms with Gasteiger partial charge in [-0.1, -0.05) is 44.2 Å². The maximum Gasteiger partial charge on any atom is 0.281 e. The molecule has 0 spiro atoms. The third-order valence-electron chi connectivity index (χ3n) is 4.77. The molecule has 0 unspecified atom stereocenters. The topological polar surface area (TPSA) is 69.7 Å². The van der Waals surface area contributed by atoms with Gasteiger partial charge in [0, 0.05) is 27.2 Å². The van der Waals surface area contributed by atoms with Gasteiger partial charge in [-0.2, -0.15) is 17.0 Å². The average Bonchev–Trinajstić information content (AvgIpc) is 2.61. The summed E-state index contributed by atoms with van der Waals surface area (Å²) in [5, 5.41) is 3.16. The summed E-state index contributed by atoms with van der Waals surface area (Å²) < 4.78 is 27.4. The van der Waals surface area contributed by atoms with Crippen LogP contribution in [-0.4, -0.2) is 50.1 Å². The molecule has 2 rings (SSSR count). The Hall–Kier alpha value is -1.44. The molecule has 2 atom stereocenters. The van der Waals surface area contributed by atoms with Gasteiger partial charge < -0.3 is 5.32 Å². The van der Waals surface area contributed by atoms with E-state index in [-0.39, 0.29) is 24.4 Å². The summed E-state index contributed by atoms with van der Waals surface area (Å²) in [5.41, 5.74) is 1.09. The second-order valence-corrected chi connectivity index (χ2v) is 9.73. The van der Waals surface area contributed by atoms with Gasteiger partial charge >= 0.3 is 0 Å². The van der Waals surface area contributed by atoms with E-state index in [0.29, 0.717) is 25.3 Å². The highest BCUT2D eigenvalue weighted by atomic mass is 32.2. The fourth-order valence-electron chi connectivity index (χ4n) is 3.32. The molecule has 146 valence electrons. The van der Waals surface area contributed by atoms with Crippen LogP contribution in [0.15, 0.2) is 30.3 Å². The van der Waals surface area contributed by atoms with Crippen molar-refractivity contribution in [3.63, 3.8) is 0 Å². The van der Waals surface area contributed by atoms with E-state index < -0.39 is 10.2 Å². The average molecular weight is 382 g/mol. The first kappa shape index (κ1) is 20.9. The van der Waals surface area contributed by atoms with E-state index in [9.17, 15) is 13.2 Å². The number of amides is 1. The summed E-state index contributed by atoms with van der Waals surface area (Å²) in [4.78, 5) is 12.9. The van der Waals surface area contributed by atoms with Crippen molar-refractivity contribution in [3.05, 3.63) is 35.9 Å². The van der Waals surface area contributed by atoms with Gasteiger partial charge in [0.25, 0.3) is 10.2 Å². The van der Waals surface area contributed by atoms with Crippen LogP contribution in [0.25, 0.3) is 0 Å². The number of nitrogens with one attached hydrogen (secondary N) is 1. The minimum atomic E-state index is -3.48. The Morgan fingerprint density at radius 2 is 1.92 bits per heavy atom. The highest BCUT2D eigenvalue weighted by Gasteiger charge is 2.34. The third-order valence-corrected chi connectivity index (χ3v) is 6.68. The Morgan fingerprint density at radius 3 is 2.50 bits per heavy atom. The van der Waals surface area contributed by atoms with Crippen LogP contribution in [0.5, 0.6) is 0 Å². The molecule has 7 heteroatoms. The van der Waals surface area contributed by atoms with E-state index in [4.69, 9.17) is 0 Å². The first-order valence-corrected chi connectivity index (χ1v) is 10.6. The molecule has 1 N–H and O–H groups in total. The van der Waals surface area contributed by atoms with Crippen LogP contribution in [0.4, 0.5) is 0 Å². The lowest BCUT2D eigenvalue weighted by Gasteiger charge is -2.33.